The van der Waals surface area contributed by atoms with Gasteiger partial charge in [-0.1, -0.05) is 37.1 Å². The Morgan fingerprint density at radius 2 is 2.14 bits per heavy atom. The first-order valence-electron chi connectivity index (χ1n) is 5.19. The lowest BCUT2D eigenvalue weighted by atomic mass is 10.1. The van der Waals surface area contributed by atoms with Crippen molar-refractivity contribution in [1.29, 1.82) is 0 Å². The van der Waals surface area contributed by atoms with Crippen LogP contribution < -0.4 is 5.32 Å². The fourth-order valence-electron chi connectivity index (χ4n) is 1.49. The van der Waals surface area contributed by atoms with E-state index in [2.05, 4.69) is 24.4 Å². The van der Waals surface area contributed by atoms with Crippen LogP contribution in [0.4, 0.5) is 0 Å². The molecule has 0 fully saturated rings. The summed E-state index contributed by atoms with van der Waals surface area (Å²) in [6, 6.07) is 6.32. The van der Waals surface area contributed by atoms with Crippen LogP contribution in [0.5, 0.6) is 0 Å². The van der Waals surface area contributed by atoms with Crippen LogP contribution in [0.1, 0.15) is 30.9 Å². The highest BCUT2D eigenvalue weighted by molar-refractivity contribution is 6.31. The number of aryl methyl sites for hydroxylation is 1. The number of hydrogen-bond acceptors (Lipinski definition) is 1. The molecule has 1 aromatic carbocycles. The molecule has 0 spiro atoms. The topological polar surface area (TPSA) is 12.0 Å². The van der Waals surface area contributed by atoms with E-state index >= 15 is 0 Å². The molecule has 0 bridgehead atoms. The predicted molar refractivity (Wildman–Crippen MR) is 62.8 cm³/mol. The first-order valence-corrected chi connectivity index (χ1v) is 5.57. The van der Waals surface area contributed by atoms with Gasteiger partial charge >= 0.3 is 0 Å². The third kappa shape index (κ3) is 3.32. The smallest absolute Gasteiger partial charge is 0.0451 e. The number of hydrogen-bond donors (Lipinski definition) is 1. The molecule has 0 atom stereocenters. The van der Waals surface area contributed by atoms with Crippen LogP contribution in [0.25, 0.3) is 0 Å². The fraction of sp³-hybridized carbons (Fsp3) is 0.500. The maximum absolute atomic E-state index is 6.07. The van der Waals surface area contributed by atoms with Crippen molar-refractivity contribution >= 4 is 11.6 Å². The second-order valence-corrected chi connectivity index (χ2v) is 3.97. The van der Waals surface area contributed by atoms with Crippen LogP contribution in [-0.2, 0) is 13.0 Å². The van der Waals surface area contributed by atoms with Crippen molar-refractivity contribution < 1.29 is 0 Å². The maximum atomic E-state index is 6.07. The van der Waals surface area contributed by atoms with E-state index in [0.29, 0.717) is 0 Å². The lowest BCUT2D eigenvalue weighted by Crippen LogP contribution is -2.06. The van der Waals surface area contributed by atoms with E-state index in [1.807, 2.05) is 13.1 Å². The fourth-order valence-corrected chi connectivity index (χ4v) is 1.67. The van der Waals surface area contributed by atoms with Gasteiger partial charge in [0.25, 0.3) is 0 Å². The van der Waals surface area contributed by atoms with Crippen LogP contribution in [0.15, 0.2) is 18.2 Å². The minimum absolute atomic E-state index is 0.846. The van der Waals surface area contributed by atoms with Crippen molar-refractivity contribution in [3.63, 3.8) is 0 Å². The summed E-state index contributed by atoms with van der Waals surface area (Å²) in [4.78, 5) is 0. The molecular weight excluding hydrogens is 194 g/mol. The zero-order chi connectivity index (χ0) is 10.4. The highest BCUT2D eigenvalue weighted by atomic mass is 35.5. The molecule has 78 valence electrons. The first-order chi connectivity index (χ1) is 6.77. The van der Waals surface area contributed by atoms with E-state index in [1.54, 1.807) is 0 Å². The Morgan fingerprint density at radius 3 is 2.79 bits per heavy atom. The van der Waals surface area contributed by atoms with Crippen molar-refractivity contribution in [3.8, 4) is 0 Å². The first kappa shape index (κ1) is 11.5. The van der Waals surface area contributed by atoms with Crippen LogP contribution >= 0.6 is 11.6 Å². The molecule has 0 saturated carbocycles. The lowest BCUT2D eigenvalue weighted by molar-refractivity contribution is 0.786. The third-order valence-corrected chi connectivity index (χ3v) is 2.67. The van der Waals surface area contributed by atoms with E-state index in [4.69, 9.17) is 11.6 Å². The molecule has 0 radical (unpaired) electrons. The molecule has 14 heavy (non-hydrogen) atoms. The highest BCUT2D eigenvalue weighted by Gasteiger charge is 2.00. The van der Waals surface area contributed by atoms with Gasteiger partial charge in [-0.15, -0.1) is 0 Å². The monoisotopic (exact) mass is 211 g/mol. The average molecular weight is 212 g/mol. The lowest BCUT2D eigenvalue weighted by Gasteiger charge is -2.06. The Hall–Kier alpha value is -0.530. The number of halogens is 1. The predicted octanol–water partition coefficient (Wildman–Crippen LogP) is 3.40. The van der Waals surface area contributed by atoms with Gasteiger partial charge in [-0.2, -0.15) is 0 Å². The molecule has 2 heteroatoms. The average Bonchev–Trinajstić information content (AvgIpc) is 2.19. The van der Waals surface area contributed by atoms with Crippen LogP contribution in [0, 0.1) is 0 Å². The Kier molecular flexibility index (Phi) is 4.99. The summed E-state index contributed by atoms with van der Waals surface area (Å²) in [7, 11) is 1.94. The van der Waals surface area contributed by atoms with E-state index in [0.717, 1.165) is 18.0 Å². The summed E-state index contributed by atoms with van der Waals surface area (Å²) in [5.41, 5.74) is 2.59. The minimum atomic E-state index is 0.846. The largest absolute Gasteiger partial charge is 0.316 e. The van der Waals surface area contributed by atoms with Gasteiger partial charge in [-0.3, -0.25) is 0 Å². The SMILES string of the molecule is CCCCc1ccc(Cl)c(CNC)c1. The summed E-state index contributed by atoms with van der Waals surface area (Å²) in [6.07, 6.45) is 3.65. The van der Waals surface area contributed by atoms with Gasteiger partial charge in [0, 0.05) is 11.6 Å². The van der Waals surface area contributed by atoms with E-state index < -0.39 is 0 Å². The van der Waals surface area contributed by atoms with Crippen LogP contribution in [0.2, 0.25) is 5.02 Å². The molecule has 0 heterocycles. The quantitative estimate of drug-likeness (QED) is 0.787. The number of benzene rings is 1. The summed E-state index contributed by atoms with van der Waals surface area (Å²) >= 11 is 6.07. The summed E-state index contributed by atoms with van der Waals surface area (Å²) < 4.78 is 0. The zero-order valence-corrected chi connectivity index (χ0v) is 9.69. The van der Waals surface area contributed by atoms with Crippen molar-refractivity contribution in [2.75, 3.05) is 7.05 Å². The Morgan fingerprint density at radius 1 is 1.36 bits per heavy atom. The van der Waals surface area contributed by atoms with E-state index in [1.165, 1.54) is 24.0 Å². The minimum Gasteiger partial charge on any atom is -0.316 e. The molecule has 1 nitrogen and oxygen atoms in total. The third-order valence-electron chi connectivity index (χ3n) is 2.30. The normalized spacial score (nSPS) is 10.5. The molecule has 0 saturated heterocycles. The Labute approximate surface area is 91.5 Å². The van der Waals surface area contributed by atoms with E-state index in [9.17, 15) is 0 Å². The molecular formula is C12H18ClN. The summed E-state index contributed by atoms with van der Waals surface area (Å²) in [5.74, 6) is 0. The van der Waals surface area contributed by atoms with Gasteiger partial charge in [0.1, 0.15) is 0 Å². The molecule has 0 aromatic heterocycles. The summed E-state index contributed by atoms with van der Waals surface area (Å²) in [5, 5.41) is 3.98. The highest BCUT2D eigenvalue weighted by Crippen LogP contribution is 2.18. The molecule has 0 unspecified atom stereocenters. The standard InChI is InChI=1S/C12H18ClN/c1-3-4-5-10-6-7-12(13)11(8-10)9-14-2/h6-8,14H,3-5,9H2,1-2H3. The molecule has 1 aromatic rings. The van der Waals surface area contributed by atoms with Gasteiger partial charge < -0.3 is 5.32 Å². The second-order valence-electron chi connectivity index (χ2n) is 3.56. The maximum Gasteiger partial charge on any atom is 0.0451 e. The van der Waals surface area contributed by atoms with Gasteiger partial charge in [0.15, 0.2) is 0 Å². The van der Waals surface area contributed by atoms with Gasteiger partial charge in [0.2, 0.25) is 0 Å². The molecule has 1 rings (SSSR count). The number of nitrogens with one attached hydrogen (secondary N) is 1. The van der Waals surface area contributed by atoms with Crippen molar-refractivity contribution in [2.24, 2.45) is 0 Å². The molecule has 0 aliphatic carbocycles. The molecule has 0 aliphatic rings. The van der Waals surface area contributed by atoms with Gasteiger partial charge in [0.05, 0.1) is 0 Å². The van der Waals surface area contributed by atoms with Crippen molar-refractivity contribution in [1.82, 2.24) is 5.32 Å². The second kappa shape index (κ2) is 6.05. The van der Waals surface area contributed by atoms with Crippen LogP contribution in [0.3, 0.4) is 0 Å². The Balaban J connectivity index is 2.72. The summed E-state index contributed by atoms with van der Waals surface area (Å²) in [6.45, 7) is 3.06. The van der Waals surface area contributed by atoms with E-state index in [-0.39, 0.29) is 0 Å². The number of rotatable bonds is 5. The Bertz CT molecular complexity index is 284. The zero-order valence-electron chi connectivity index (χ0n) is 8.94. The van der Waals surface area contributed by atoms with Crippen molar-refractivity contribution in [3.05, 3.63) is 34.3 Å². The molecule has 0 amide bonds. The number of unbranched alkanes of at least 4 members (excludes halogenated alkanes) is 1. The van der Waals surface area contributed by atoms with Crippen molar-refractivity contribution in [2.45, 2.75) is 32.7 Å². The molecule has 1 N–H and O–H groups in total. The van der Waals surface area contributed by atoms with Gasteiger partial charge in [-0.05, 0) is 37.1 Å². The van der Waals surface area contributed by atoms with Crippen LogP contribution in [-0.4, -0.2) is 7.05 Å². The molecule has 0 aliphatic heterocycles. The van der Waals surface area contributed by atoms with Gasteiger partial charge in [-0.25, -0.2) is 0 Å².